The van der Waals surface area contributed by atoms with Gasteiger partial charge in [0.2, 0.25) is 0 Å². The third kappa shape index (κ3) is 5.72. The van der Waals surface area contributed by atoms with Gasteiger partial charge in [0.05, 0.1) is 22.2 Å². The number of rotatable bonds is 7. The monoisotopic (exact) mass is 556 g/mol. The maximum absolute atomic E-state index is 13.0. The van der Waals surface area contributed by atoms with Crippen LogP contribution in [0.15, 0.2) is 76.1 Å². The van der Waals surface area contributed by atoms with Gasteiger partial charge in [0.25, 0.3) is 17.1 Å². The minimum Gasteiger partial charge on any atom is -0.493 e. The van der Waals surface area contributed by atoms with Crippen molar-refractivity contribution in [2.75, 3.05) is 23.9 Å². The molecule has 0 radical (unpaired) electrons. The second-order valence-electron chi connectivity index (χ2n) is 7.23. The molecule has 3 aromatic carbocycles. The van der Waals surface area contributed by atoms with Gasteiger partial charge in [-0.15, -0.1) is 0 Å². The highest BCUT2D eigenvalue weighted by molar-refractivity contribution is 9.10. The predicted molar refractivity (Wildman–Crippen MR) is 136 cm³/mol. The SMILES string of the molecule is COc1cc(/C=C2/SC(=O)N(c3ccccc3)C2=O)cc(Br)c1OCC(=O)Nc1ccc(F)cc1. The second-order valence-corrected chi connectivity index (χ2v) is 9.08. The Morgan fingerprint density at radius 2 is 1.83 bits per heavy atom. The normalized spacial score (nSPS) is 14.4. The molecule has 1 heterocycles. The minimum atomic E-state index is -0.441. The van der Waals surface area contributed by atoms with Gasteiger partial charge < -0.3 is 14.8 Å². The number of hydrogen-bond acceptors (Lipinski definition) is 6. The van der Waals surface area contributed by atoms with E-state index < -0.39 is 17.6 Å². The van der Waals surface area contributed by atoms with Gasteiger partial charge in [-0.25, -0.2) is 9.29 Å². The number of anilines is 2. The topological polar surface area (TPSA) is 84.9 Å². The van der Waals surface area contributed by atoms with E-state index in [1.807, 2.05) is 0 Å². The van der Waals surface area contributed by atoms with Crippen LogP contribution in [0.5, 0.6) is 11.5 Å². The molecule has 4 rings (SSSR count). The van der Waals surface area contributed by atoms with Crippen LogP contribution in [-0.2, 0) is 9.59 Å². The quantitative estimate of drug-likeness (QED) is 0.367. The second kappa shape index (κ2) is 10.7. The van der Waals surface area contributed by atoms with E-state index in [-0.39, 0.29) is 22.5 Å². The minimum absolute atomic E-state index is 0.264. The number of carbonyl (C=O) groups is 3. The first-order chi connectivity index (χ1) is 16.9. The molecule has 0 aliphatic carbocycles. The van der Waals surface area contributed by atoms with E-state index in [9.17, 15) is 18.8 Å². The van der Waals surface area contributed by atoms with Gasteiger partial charge in [-0.05, 0) is 87.9 Å². The third-order valence-electron chi connectivity index (χ3n) is 4.83. The lowest BCUT2D eigenvalue weighted by molar-refractivity contribution is -0.118. The van der Waals surface area contributed by atoms with Crippen LogP contribution >= 0.6 is 27.7 Å². The van der Waals surface area contributed by atoms with Crippen molar-refractivity contribution in [1.82, 2.24) is 0 Å². The van der Waals surface area contributed by atoms with Crippen molar-refractivity contribution in [3.63, 3.8) is 0 Å². The van der Waals surface area contributed by atoms with E-state index in [0.29, 0.717) is 27.2 Å². The fourth-order valence-corrected chi connectivity index (χ4v) is 4.67. The van der Waals surface area contributed by atoms with Crippen molar-refractivity contribution in [2.24, 2.45) is 0 Å². The first-order valence-electron chi connectivity index (χ1n) is 10.2. The van der Waals surface area contributed by atoms with Crippen LogP contribution in [0.1, 0.15) is 5.56 Å². The Balaban J connectivity index is 1.49. The molecule has 35 heavy (non-hydrogen) atoms. The third-order valence-corrected chi connectivity index (χ3v) is 6.29. The molecule has 1 N–H and O–H groups in total. The Morgan fingerprint density at radius 3 is 2.51 bits per heavy atom. The summed E-state index contributed by atoms with van der Waals surface area (Å²) in [4.78, 5) is 38.9. The summed E-state index contributed by atoms with van der Waals surface area (Å²) in [5.74, 6) is -0.653. The van der Waals surface area contributed by atoms with Crippen molar-refractivity contribution >= 4 is 62.2 Å². The van der Waals surface area contributed by atoms with E-state index in [4.69, 9.17) is 9.47 Å². The molecule has 3 aromatic rings. The van der Waals surface area contributed by atoms with E-state index >= 15 is 0 Å². The number of ether oxygens (including phenoxy) is 2. The molecule has 0 atom stereocenters. The van der Waals surface area contributed by atoms with Gasteiger partial charge in [0.1, 0.15) is 5.82 Å². The molecule has 1 saturated heterocycles. The zero-order valence-electron chi connectivity index (χ0n) is 18.3. The first kappa shape index (κ1) is 24.5. The van der Waals surface area contributed by atoms with Gasteiger partial charge in [0, 0.05) is 5.69 Å². The van der Waals surface area contributed by atoms with Crippen LogP contribution in [0, 0.1) is 5.82 Å². The first-order valence-corrected chi connectivity index (χ1v) is 11.9. The summed E-state index contributed by atoms with van der Waals surface area (Å²) >= 11 is 4.26. The number of nitrogens with zero attached hydrogens (tertiary/aromatic N) is 1. The Kier molecular flexibility index (Phi) is 7.52. The standard InChI is InChI=1S/C25H18BrFN2O5S/c1-33-20-12-15(13-21-24(31)29(25(32)35-21)18-5-3-2-4-6-18)11-19(26)23(20)34-14-22(30)28-17-9-7-16(27)8-10-17/h2-13H,14H2,1H3,(H,28,30)/b21-13+. The zero-order valence-corrected chi connectivity index (χ0v) is 20.7. The van der Waals surface area contributed by atoms with Crippen LogP contribution in [0.3, 0.4) is 0 Å². The summed E-state index contributed by atoms with van der Waals surface area (Å²) in [5, 5.41) is 2.23. The number of halogens is 2. The number of thioether (sulfide) groups is 1. The molecular weight excluding hydrogens is 539 g/mol. The molecule has 0 spiro atoms. The summed E-state index contributed by atoms with van der Waals surface area (Å²) in [5.41, 5.74) is 1.53. The lowest BCUT2D eigenvalue weighted by atomic mass is 10.1. The number of benzene rings is 3. The van der Waals surface area contributed by atoms with Crippen molar-refractivity contribution in [1.29, 1.82) is 0 Å². The highest BCUT2D eigenvalue weighted by Crippen LogP contribution is 2.40. The number of methoxy groups -OCH3 is 1. The molecule has 1 fully saturated rings. The highest BCUT2D eigenvalue weighted by Gasteiger charge is 2.36. The Bertz CT molecular complexity index is 1320. The summed E-state index contributed by atoms with van der Waals surface area (Å²) in [6, 6.07) is 17.4. The van der Waals surface area contributed by atoms with Gasteiger partial charge in [-0.2, -0.15) is 0 Å². The van der Waals surface area contributed by atoms with Crippen LogP contribution in [0.4, 0.5) is 20.6 Å². The van der Waals surface area contributed by atoms with Gasteiger partial charge in [-0.1, -0.05) is 18.2 Å². The molecule has 178 valence electrons. The number of amides is 3. The molecule has 0 aromatic heterocycles. The van der Waals surface area contributed by atoms with Crippen LogP contribution in [0.25, 0.3) is 6.08 Å². The molecular formula is C25H18BrFN2O5S. The largest absolute Gasteiger partial charge is 0.493 e. The smallest absolute Gasteiger partial charge is 0.298 e. The van der Waals surface area contributed by atoms with Crippen molar-refractivity contribution in [3.05, 3.63) is 87.5 Å². The number of nitrogens with one attached hydrogen (secondary N) is 1. The average Bonchev–Trinajstić information content (AvgIpc) is 3.12. The zero-order chi connectivity index (χ0) is 24.9. The Morgan fingerprint density at radius 1 is 1.11 bits per heavy atom. The van der Waals surface area contributed by atoms with Gasteiger partial charge >= 0.3 is 0 Å². The fraction of sp³-hybridized carbons (Fsp3) is 0.0800. The van der Waals surface area contributed by atoms with E-state index in [0.717, 1.165) is 16.7 Å². The molecule has 1 aliphatic heterocycles. The fourth-order valence-electron chi connectivity index (χ4n) is 3.25. The lowest BCUT2D eigenvalue weighted by Crippen LogP contribution is -2.27. The maximum atomic E-state index is 13.0. The van der Waals surface area contributed by atoms with E-state index in [2.05, 4.69) is 21.2 Å². The van der Waals surface area contributed by atoms with Crippen LogP contribution < -0.4 is 19.7 Å². The van der Waals surface area contributed by atoms with Crippen molar-refractivity contribution < 1.29 is 28.2 Å². The summed E-state index contributed by atoms with van der Waals surface area (Å²) in [6.45, 7) is -0.318. The molecule has 10 heteroatoms. The Labute approximate surface area is 213 Å². The predicted octanol–water partition coefficient (Wildman–Crippen LogP) is 5.86. The van der Waals surface area contributed by atoms with Crippen molar-refractivity contribution in [3.8, 4) is 11.5 Å². The number of imide groups is 1. The number of para-hydroxylation sites is 1. The molecule has 0 unspecified atom stereocenters. The lowest BCUT2D eigenvalue weighted by Gasteiger charge is -2.14. The van der Waals surface area contributed by atoms with Crippen molar-refractivity contribution in [2.45, 2.75) is 0 Å². The van der Waals surface area contributed by atoms with E-state index in [1.165, 1.54) is 31.4 Å². The molecule has 1 aliphatic rings. The molecule has 0 bridgehead atoms. The van der Waals surface area contributed by atoms with Gasteiger partial charge in [-0.3, -0.25) is 14.4 Å². The summed E-state index contributed by atoms with van der Waals surface area (Å²) < 4.78 is 24.6. The molecule has 0 saturated carbocycles. The highest BCUT2D eigenvalue weighted by atomic mass is 79.9. The molecule has 7 nitrogen and oxygen atoms in total. The van der Waals surface area contributed by atoms with Crippen LogP contribution in [-0.4, -0.2) is 30.8 Å². The Hall–Kier alpha value is -3.63. The number of carbonyl (C=O) groups excluding carboxylic acids is 3. The maximum Gasteiger partial charge on any atom is 0.298 e. The molecule has 3 amide bonds. The summed E-state index contributed by atoms with van der Waals surface area (Å²) in [7, 11) is 1.44. The van der Waals surface area contributed by atoms with Crippen LogP contribution in [0.2, 0.25) is 0 Å². The number of hydrogen-bond donors (Lipinski definition) is 1. The van der Waals surface area contributed by atoms with E-state index in [1.54, 1.807) is 48.5 Å². The summed E-state index contributed by atoms with van der Waals surface area (Å²) in [6.07, 6.45) is 1.59. The average molecular weight is 557 g/mol. The van der Waals surface area contributed by atoms with Gasteiger partial charge in [0.15, 0.2) is 18.1 Å².